The Morgan fingerprint density at radius 1 is 1.38 bits per heavy atom. The van der Waals surface area contributed by atoms with Crippen LogP contribution >= 0.6 is 0 Å². The van der Waals surface area contributed by atoms with Gasteiger partial charge in [-0.3, -0.25) is 0 Å². The van der Waals surface area contributed by atoms with E-state index >= 15 is 0 Å². The van der Waals surface area contributed by atoms with Crippen molar-refractivity contribution in [2.45, 2.75) is 25.5 Å². The highest BCUT2D eigenvalue weighted by Gasteiger charge is 2.17. The molecule has 1 N–H and O–H groups in total. The Morgan fingerprint density at radius 3 is 2.69 bits per heavy atom. The summed E-state index contributed by atoms with van der Waals surface area (Å²) in [6.07, 6.45) is 1.35. The van der Waals surface area contributed by atoms with Crippen molar-refractivity contribution >= 4 is 0 Å². The maximum absolute atomic E-state index is 5.62. The molecule has 1 fully saturated rings. The first kappa shape index (κ1) is 11.4. The normalized spacial score (nSPS) is 25.4. The van der Waals surface area contributed by atoms with E-state index in [0.29, 0.717) is 12.1 Å². The van der Waals surface area contributed by atoms with Crippen LogP contribution in [-0.4, -0.2) is 32.4 Å². The van der Waals surface area contributed by atoms with Gasteiger partial charge >= 0.3 is 0 Å². The van der Waals surface area contributed by atoms with Crippen molar-refractivity contribution in [1.29, 1.82) is 0 Å². The molecule has 0 aromatic heterocycles. The molecule has 1 heterocycles. The Balaban J connectivity index is 1.88. The summed E-state index contributed by atoms with van der Waals surface area (Å²) in [5, 5.41) is 3.49. The minimum Gasteiger partial charge on any atom is -0.497 e. The number of methoxy groups -OCH3 is 1. The van der Waals surface area contributed by atoms with E-state index in [1.807, 2.05) is 12.1 Å². The zero-order valence-electron chi connectivity index (χ0n) is 9.90. The van der Waals surface area contributed by atoms with Crippen LogP contribution in [0.5, 0.6) is 5.75 Å². The number of hydrogen-bond acceptors (Lipinski definition) is 3. The zero-order chi connectivity index (χ0) is 11.4. The second-order valence-corrected chi connectivity index (χ2v) is 4.30. The fraction of sp³-hybridized carbons (Fsp3) is 0.538. The van der Waals surface area contributed by atoms with Crippen molar-refractivity contribution in [2.24, 2.45) is 0 Å². The molecule has 88 valence electrons. The van der Waals surface area contributed by atoms with E-state index in [1.165, 1.54) is 5.56 Å². The summed E-state index contributed by atoms with van der Waals surface area (Å²) >= 11 is 0. The minimum absolute atomic E-state index is 0.340. The second kappa shape index (κ2) is 5.32. The van der Waals surface area contributed by atoms with Gasteiger partial charge in [0.1, 0.15) is 5.75 Å². The third-order valence-corrected chi connectivity index (χ3v) is 2.92. The molecule has 16 heavy (non-hydrogen) atoms. The van der Waals surface area contributed by atoms with Gasteiger partial charge in [-0.05, 0) is 31.0 Å². The highest BCUT2D eigenvalue weighted by atomic mass is 16.5. The first-order valence-corrected chi connectivity index (χ1v) is 5.76. The van der Waals surface area contributed by atoms with Crippen molar-refractivity contribution < 1.29 is 9.47 Å². The molecule has 2 unspecified atom stereocenters. The maximum atomic E-state index is 5.62. The molecule has 3 heteroatoms. The molecular formula is C13H19NO2. The van der Waals surface area contributed by atoms with E-state index in [4.69, 9.17) is 9.47 Å². The van der Waals surface area contributed by atoms with Gasteiger partial charge in [0.05, 0.1) is 19.8 Å². The van der Waals surface area contributed by atoms with Crippen molar-refractivity contribution in [2.75, 3.05) is 20.3 Å². The Hall–Kier alpha value is -1.06. The van der Waals surface area contributed by atoms with Gasteiger partial charge in [-0.15, -0.1) is 0 Å². The van der Waals surface area contributed by atoms with Gasteiger partial charge in [-0.1, -0.05) is 12.1 Å². The summed E-state index contributed by atoms with van der Waals surface area (Å²) in [5.74, 6) is 0.908. The van der Waals surface area contributed by atoms with Crippen LogP contribution in [0.4, 0.5) is 0 Å². The smallest absolute Gasteiger partial charge is 0.118 e. The standard InChI is InChI=1S/C13H19NO2/c1-10-8-14-12(9-16-10)7-11-3-5-13(15-2)6-4-11/h3-6,10,12,14H,7-9H2,1-2H3. The first-order chi connectivity index (χ1) is 7.78. The topological polar surface area (TPSA) is 30.5 Å². The average Bonchev–Trinajstić information content (AvgIpc) is 2.33. The molecule has 0 saturated carbocycles. The third kappa shape index (κ3) is 2.97. The Labute approximate surface area is 96.8 Å². The lowest BCUT2D eigenvalue weighted by atomic mass is 10.1. The summed E-state index contributed by atoms with van der Waals surface area (Å²) < 4.78 is 10.8. The highest BCUT2D eigenvalue weighted by molar-refractivity contribution is 5.27. The van der Waals surface area contributed by atoms with Crippen molar-refractivity contribution in [3.63, 3.8) is 0 Å². The molecule has 1 aromatic rings. The Kier molecular flexibility index (Phi) is 3.80. The number of ether oxygens (including phenoxy) is 2. The molecule has 1 aliphatic rings. The molecule has 2 atom stereocenters. The maximum Gasteiger partial charge on any atom is 0.118 e. The van der Waals surface area contributed by atoms with Crippen molar-refractivity contribution in [3.8, 4) is 5.75 Å². The number of rotatable bonds is 3. The lowest BCUT2D eigenvalue weighted by Crippen LogP contribution is -2.46. The van der Waals surface area contributed by atoms with Gasteiger partial charge in [-0.25, -0.2) is 0 Å². The van der Waals surface area contributed by atoms with Crippen molar-refractivity contribution in [1.82, 2.24) is 5.32 Å². The first-order valence-electron chi connectivity index (χ1n) is 5.76. The second-order valence-electron chi connectivity index (χ2n) is 4.30. The van der Waals surface area contributed by atoms with Crippen LogP contribution in [0.2, 0.25) is 0 Å². The van der Waals surface area contributed by atoms with Crippen LogP contribution in [0.1, 0.15) is 12.5 Å². The van der Waals surface area contributed by atoms with Gasteiger partial charge in [0, 0.05) is 12.6 Å². The summed E-state index contributed by atoms with van der Waals surface area (Å²) in [5.41, 5.74) is 1.32. The predicted octanol–water partition coefficient (Wildman–Crippen LogP) is 1.61. The highest BCUT2D eigenvalue weighted by Crippen LogP contribution is 2.13. The lowest BCUT2D eigenvalue weighted by molar-refractivity contribution is 0.0155. The quantitative estimate of drug-likeness (QED) is 0.841. The van der Waals surface area contributed by atoms with E-state index in [0.717, 1.165) is 25.3 Å². The van der Waals surface area contributed by atoms with Crippen LogP contribution < -0.4 is 10.1 Å². The third-order valence-electron chi connectivity index (χ3n) is 2.92. The monoisotopic (exact) mass is 221 g/mol. The Morgan fingerprint density at radius 2 is 2.12 bits per heavy atom. The summed E-state index contributed by atoms with van der Waals surface area (Å²) in [7, 11) is 1.69. The van der Waals surface area contributed by atoms with Crippen molar-refractivity contribution in [3.05, 3.63) is 29.8 Å². The van der Waals surface area contributed by atoms with Crippen LogP contribution in [0.15, 0.2) is 24.3 Å². The lowest BCUT2D eigenvalue weighted by Gasteiger charge is -2.28. The van der Waals surface area contributed by atoms with Crippen LogP contribution in [0.3, 0.4) is 0 Å². The number of nitrogens with one attached hydrogen (secondary N) is 1. The summed E-state index contributed by atoms with van der Waals surface area (Å²) in [6.45, 7) is 3.84. The van der Waals surface area contributed by atoms with E-state index in [1.54, 1.807) is 7.11 Å². The van der Waals surface area contributed by atoms with Gasteiger partial charge in [0.25, 0.3) is 0 Å². The molecule has 0 radical (unpaired) electrons. The zero-order valence-corrected chi connectivity index (χ0v) is 9.90. The average molecular weight is 221 g/mol. The molecule has 2 rings (SSSR count). The summed E-state index contributed by atoms with van der Waals surface area (Å²) in [4.78, 5) is 0. The number of benzene rings is 1. The minimum atomic E-state index is 0.340. The van der Waals surface area contributed by atoms with Gasteiger partial charge in [0.15, 0.2) is 0 Å². The summed E-state index contributed by atoms with van der Waals surface area (Å²) in [6, 6.07) is 8.66. The van der Waals surface area contributed by atoms with E-state index in [-0.39, 0.29) is 0 Å². The van der Waals surface area contributed by atoms with E-state index < -0.39 is 0 Å². The van der Waals surface area contributed by atoms with Crippen LogP contribution in [0, 0.1) is 0 Å². The fourth-order valence-electron chi connectivity index (χ4n) is 1.91. The number of morpholine rings is 1. The van der Waals surface area contributed by atoms with E-state index in [9.17, 15) is 0 Å². The van der Waals surface area contributed by atoms with Gasteiger partial charge in [0.2, 0.25) is 0 Å². The number of hydrogen-bond donors (Lipinski definition) is 1. The molecule has 3 nitrogen and oxygen atoms in total. The predicted molar refractivity (Wildman–Crippen MR) is 63.9 cm³/mol. The molecular weight excluding hydrogens is 202 g/mol. The molecule has 1 aromatic carbocycles. The van der Waals surface area contributed by atoms with Crippen LogP contribution in [-0.2, 0) is 11.2 Å². The molecule has 1 aliphatic heterocycles. The molecule has 0 spiro atoms. The molecule has 0 aliphatic carbocycles. The SMILES string of the molecule is COc1ccc(CC2COC(C)CN2)cc1. The molecule has 0 bridgehead atoms. The molecule has 0 amide bonds. The fourth-order valence-corrected chi connectivity index (χ4v) is 1.91. The van der Waals surface area contributed by atoms with Gasteiger partial charge in [-0.2, -0.15) is 0 Å². The Bertz CT molecular complexity index is 315. The van der Waals surface area contributed by atoms with Crippen LogP contribution in [0.25, 0.3) is 0 Å². The van der Waals surface area contributed by atoms with E-state index in [2.05, 4.69) is 24.4 Å². The molecule has 1 saturated heterocycles. The van der Waals surface area contributed by atoms with Gasteiger partial charge < -0.3 is 14.8 Å². The largest absolute Gasteiger partial charge is 0.497 e.